The normalized spacial score (nSPS) is 27.5. The Labute approximate surface area is 153 Å². The molecule has 0 aromatic rings. The molecule has 0 radical (unpaired) electrons. The number of hydrogen-bond donors (Lipinski definition) is 0. The minimum absolute atomic E-state index is 1.35. The molecule has 1 heterocycles. The highest BCUT2D eigenvalue weighted by atomic mass is 15.4. The van der Waals surface area contributed by atoms with Crippen LogP contribution in [0.5, 0.6) is 0 Å². The zero-order chi connectivity index (χ0) is 17.7. The first-order chi connectivity index (χ1) is 11.5. The first kappa shape index (κ1) is 22.0. The molecular weight excluding hydrogens is 292 g/mol. The van der Waals surface area contributed by atoms with Crippen molar-refractivity contribution in [1.29, 1.82) is 0 Å². The van der Waals surface area contributed by atoms with E-state index in [0.717, 1.165) is 0 Å². The van der Waals surface area contributed by atoms with E-state index < -0.39 is 0 Å². The van der Waals surface area contributed by atoms with Crippen LogP contribution in [-0.2, 0) is 0 Å². The monoisotopic (exact) mass is 340 g/mol. The molecule has 0 bridgehead atoms. The molecule has 0 saturated carbocycles. The molecule has 0 aliphatic carbocycles. The first-order valence-corrected chi connectivity index (χ1v) is 11.2. The van der Waals surface area contributed by atoms with Crippen LogP contribution >= 0.6 is 0 Å². The molecule has 144 valence electrons. The molecule has 0 unspecified atom stereocenters. The average molecular weight is 341 g/mol. The minimum atomic E-state index is 1.35. The smallest absolute Gasteiger partial charge is 0.128 e. The third-order valence-electron chi connectivity index (χ3n) is 6.46. The van der Waals surface area contributed by atoms with Crippen LogP contribution in [0.15, 0.2) is 0 Å². The second-order valence-electron chi connectivity index (χ2n) is 9.12. The molecule has 1 aliphatic heterocycles. The van der Waals surface area contributed by atoms with Crippen molar-refractivity contribution in [1.82, 2.24) is 0 Å². The van der Waals surface area contributed by atoms with Crippen LogP contribution in [-0.4, -0.2) is 62.3 Å². The molecule has 2 nitrogen and oxygen atoms in total. The molecule has 1 rings (SSSR count). The molecular formula is C22H48N2+2. The van der Waals surface area contributed by atoms with E-state index in [9.17, 15) is 0 Å². The van der Waals surface area contributed by atoms with Crippen molar-refractivity contribution < 1.29 is 8.97 Å². The Balaban J connectivity index is 2.12. The van der Waals surface area contributed by atoms with Crippen molar-refractivity contribution in [2.24, 2.45) is 0 Å². The van der Waals surface area contributed by atoms with Gasteiger partial charge in [-0.15, -0.1) is 0 Å². The zero-order valence-electron chi connectivity index (χ0n) is 17.6. The van der Waals surface area contributed by atoms with E-state index >= 15 is 0 Å². The molecule has 2 heteroatoms. The fraction of sp³-hybridized carbons (Fsp3) is 1.00. The average Bonchev–Trinajstić information content (AvgIpc) is 2.58. The quantitative estimate of drug-likeness (QED) is 0.284. The standard InChI is InChI=1S/C22H48N2/c1-5-7-9-11-13-15-17-23(3)19-21-24(4,22-20-23)18-16-14-12-10-8-6-2/h5-22H2,1-4H3/q+2. The predicted molar refractivity (Wildman–Crippen MR) is 108 cm³/mol. The second-order valence-corrected chi connectivity index (χ2v) is 9.12. The van der Waals surface area contributed by atoms with Gasteiger partial charge in [0.05, 0.1) is 27.2 Å². The minimum Gasteiger partial charge on any atom is -0.317 e. The lowest BCUT2D eigenvalue weighted by atomic mass is 10.1. The molecule has 1 aliphatic rings. The highest BCUT2D eigenvalue weighted by Crippen LogP contribution is 2.19. The molecule has 0 spiro atoms. The second kappa shape index (κ2) is 12.3. The Kier molecular flexibility index (Phi) is 11.3. The van der Waals surface area contributed by atoms with Crippen LogP contribution in [0.2, 0.25) is 0 Å². The van der Waals surface area contributed by atoms with Gasteiger partial charge in [-0.25, -0.2) is 0 Å². The Morgan fingerprint density at radius 2 is 0.750 bits per heavy atom. The maximum Gasteiger partial charge on any atom is 0.128 e. The van der Waals surface area contributed by atoms with E-state index in [1.807, 2.05) is 0 Å². The van der Waals surface area contributed by atoms with Gasteiger partial charge in [0.1, 0.15) is 26.2 Å². The summed E-state index contributed by atoms with van der Waals surface area (Å²) in [5.41, 5.74) is 0. The predicted octanol–water partition coefficient (Wildman–Crippen LogP) is 5.61. The third kappa shape index (κ3) is 9.42. The third-order valence-corrected chi connectivity index (χ3v) is 6.46. The molecule has 1 saturated heterocycles. The van der Waals surface area contributed by atoms with Gasteiger partial charge < -0.3 is 8.97 Å². The maximum absolute atomic E-state index is 2.51. The van der Waals surface area contributed by atoms with Crippen LogP contribution in [0.3, 0.4) is 0 Å². The lowest BCUT2D eigenvalue weighted by Gasteiger charge is -2.46. The number of nitrogens with zero attached hydrogens (tertiary/aromatic N) is 2. The lowest BCUT2D eigenvalue weighted by Crippen LogP contribution is -2.64. The van der Waals surface area contributed by atoms with Gasteiger partial charge in [-0.3, -0.25) is 0 Å². The largest absolute Gasteiger partial charge is 0.317 e. The van der Waals surface area contributed by atoms with Crippen molar-refractivity contribution in [2.45, 2.75) is 90.9 Å². The van der Waals surface area contributed by atoms with Crippen molar-refractivity contribution in [3.05, 3.63) is 0 Å². The van der Waals surface area contributed by atoms with E-state index in [4.69, 9.17) is 0 Å². The van der Waals surface area contributed by atoms with Gasteiger partial charge in [-0.1, -0.05) is 65.2 Å². The summed E-state index contributed by atoms with van der Waals surface area (Å²) < 4.78 is 2.69. The molecule has 0 amide bonds. The Morgan fingerprint density at radius 3 is 1.08 bits per heavy atom. The summed E-state index contributed by atoms with van der Waals surface area (Å²) in [5.74, 6) is 0. The summed E-state index contributed by atoms with van der Waals surface area (Å²) in [6.45, 7) is 13.1. The van der Waals surface area contributed by atoms with E-state index in [2.05, 4.69) is 27.9 Å². The number of hydrogen-bond acceptors (Lipinski definition) is 0. The van der Waals surface area contributed by atoms with Crippen molar-refractivity contribution in [2.75, 3.05) is 53.4 Å². The molecule has 0 aromatic heterocycles. The van der Waals surface area contributed by atoms with Gasteiger partial charge in [0.25, 0.3) is 0 Å². The fourth-order valence-electron chi connectivity index (χ4n) is 4.18. The summed E-state index contributed by atoms with van der Waals surface area (Å²) in [6.07, 6.45) is 17.2. The van der Waals surface area contributed by atoms with Gasteiger partial charge in [-0.05, 0) is 25.7 Å². The number of likely N-dealkylation sites (N-methyl/N-ethyl adjacent to an activating group) is 2. The fourth-order valence-corrected chi connectivity index (χ4v) is 4.18. The summed E-state index contributed by atoms with van der Waals surface area (Å²) in [4.78, 5) is 0. The first-order valence-electron chi connectivity index (χ1n) is 11.2. The molecule has 1 fully saturated rings. The summed E-state index contributed by atoms with van der Waals surface area (Å²) >= 11 is 0. The lowest BCUT2D eigenvalue weighted by molar-refractivity contribution is -1.02. The molecule has 0 aromatic carbocycles. The van der Waals surface area contributed by atoms with E-state index in [1.54, 1.807) is 0 Å². The van der Waals surface area contributed by atoms with Crippen LogP contribution in [0.1, 0.15) is 90.9 Å². The van der Waals surface area contributed by atoms with Crippen molar-refractivity contribution in [3.63, 3.8) is 0 Å². The van der Waals surface area contributed by atoms with Crippen LogP contribution in [0.4, 0.5) is 0 Å². The van der Waals surface area contributed by atoms with Crippen LogP contribution in [0, 0.1) is 0 Å². The van der Waals surface area contributed by atoms with E-state index in [0.29, 0.717) is 0 Å². The van der Waals surface area contributed by atoms with Gasteiger partial charge in [0.15, 0.2) is 0 Å². The highest BCUT2D eigenvalue weighted by molar-refractivity contribution is 4.54. The Hall–Kier alpha value is -0.0800. The van der Waals surface area contributed by atoms with Crippen LogP contribution < -0.4 is 0 Å². The van der Waals surface area contributed by atoms with Crippen molar-refractivity contribution >= 4 is 0 Å². The zero-order valence-corrected chi connectivity index (χ0v) is 17.6. The summed E-state index contributed by atoms with van der Waals surface area (Å²) in [7, 11) is 5.03. The van der Waals surface area contributed by atoms with Gasteiger partial charge >= 0.3 is 0 Å². The van der Waals surface area contributed by atoms with E-state index in [1.165, 1.54) is 125 Å². The topological polar surface area (TPSA) is 0 Å². The van der Waals surface area contributed by atoms with Crippen LogP contribution in [0.25, 0.3) is 0 Å². The number of quaternary nitrogens is 2. The van der Waals surface area contributed by atoms with Crippen molar-refractivity contribution in [3.8, 4) is 0 Å². The van der Waals surface area contributed by atoms with Gasteiger partial charge in [0, 0.05) is 0 Å². The molecule has 24 heavy (non-hydrogen) atoms. The van der Waals surface area contributed by atoms with Gasteiger partial charge in [-0.2, -0.15) is 0 Å². The Morgan fingerprint density at radius 1 is 0.458 bits per heavy atom. The molecule has 0 atom stereocenters. The van der Waals surface area contributed by atoms with E-state index in [-0.39, 0.29) is 0 Å². The summed E-state index contributed by atoms with van der Waals surface area (Å²) in [5, 5.41) is 0. The number of rotatable bonds is 14. The SMILES string of the molecule is CCCCCCCC[N+]1(C)CC[N+](C)(CCCCCCCC)CC1. The summed E-state index contributed by atoms with van der Waals surface area (Å²) in [6, 6.07) is 0. The number of unbranched alkanes of at least 4 members (excludes halogenated alkanes) is 10. The molecule has 0 N–H and O–H groups in total. The Bertz CT molecular complexity index is 262. The number of piperazine rings is 1. The van der Waals surface area contributed by atoms with Gasteiger partial charge in [0.2, 0.25) is 0 Å². The maximum atomic E-state index is 2.51. The highest BCUT2D eigenvalue weighted by Gasteiger charge is 2.36.